The van der Waals surface area contributed by atoms with Gasteiger partial charge in [0.1, 0.15) is 0 Å². The molecule has 0 aromatic rings. The molecule has 2 heterocycles. The van der Waals surface area contributed by atoms with Gasteiger partial charge in [0.25, 0.3) is 0 Å². The fraction of sp³-hybridized carbons (Fsp3) is 0.842. The van der Waals surface area contributed by atoms with Crippen molar-refractivity contribution in [2.45, 2.75) is 45.1 Å². The Bertz CT molecular complexity index is 409. The van der Waals surface area contributed by atoms with Gasteiger partial charge in [0.15, 0.2) is 0 Å². The molecule has 2 saturated heterocycles. The molecule has 5 heteroatoms. The summed E-state index contributed by atoms with van der Waals surface area (Å²) in [6.07, 6.45) is 9.16. The summed E-state index contributed by atoms with van der Waals surface area (Å²) in [5.74, 6) is 0.147. The van der Waals surface area contributed by atoms with Gasteiger partial charge in [-0.1, -0.05) is 13.0 Å². The summed E-state index contributed by atoms with van der Waals surface area (Å²) in [7, 11) is 4.16. The second kappa shape index (κ2) is 9.54. The van der Waals surface area contributed by atoms with E-state index in [9.17, 15) is 4.79 Å². The number of hydrogen-bond donors (Lipinski definition) is 0. The van der Waals surface area contributed by atoms with E-state index >= 15 is 0 Å². The predicted octanol–water partition coefficient (Wildman–Crippen LogP) is 2.32. The summed E-state index contributed by atoms with van der Waals surface area (Å²) in [6, 6.07) is 0. The van der Waals surface area contributed by atoms with Crippen molar-refractivity contribution in [1.29, 1.82) is 0 Å². The first-order valence-electron chi connectivity index (χ1n) is 9.31. The quantitative estimate of drug-likeness (QED) is 0.528. The SMILES string of the molecule is CN(C)CCCOC1CCN(C(=O)/C=C/C2(C)CCOCC2)CC1. The lowest BCUT2D eigenvalue weighted by molar-refractivity contribution is -0.128. The van der Waals surface area contributed by atoms with Gasteiger partial charge in [0.05, 0.1) is 6.10 Å². The molecule has 2 rings (SSSR count). The van der Waals surface area contributed by atoms with Gasteiger partial charge in [-0.3, -0.25) is 4.79 Å². The van der Waals surface area contributed by atoms with E-state index in [1.54, 1.807) is 6.08 Å². The van der Waals surface area contributed by atoms with Crippen LogP contribution >= 0.6 is 0 Å². The highest BCUT2D eigenvalue weighted by Crippen LogP contribution is 2.31. The molecule has 0 aromatic heterocycles. The van der Waals surface area contributed by atoms with E-state index in [4.69, 9.17) is 9.47 Å². The fourth-order valence-electron chi connectivity index (χ4n) is 3.26. The van der Waals surface area contributed by atoms with Crippen LogP contribution in [-0.2, 0) is 14.3 Å². The average Bonchev–Trinajstić information content (AvgIpc) is 2.58. The summed E-state index contributed by atoms with van der Waals surface area (Å²) in [4.78, 5) is 16.5. The molecule has 0 unspecified atom stereocenters. The number of ether oxygens (including phenoxy) is 2. The molecule has 5 nitrogen and oxygen atoms in total. The Kier molecular flexibility index (Phi) is 7.72. The van der Waals surface area contributed by atoms with Gasteiger partial charge >= 0.3 is 0 Å². The largest absolute Gasteiger partial charge is 0.381 e. The number of carbonyl (C=O) groups is 1. The maximum atomic E-state index is 12.4. The Labute approximate surface area is 147 Å². The zero-order chi connectivity index (χ0) is 17.4. The van der Waals surface area contributed by atoms with E-state index in [-0.39, 0.29) is 11.3 Å². The second-order valence-corrected chi connectivity index (χ2v) is 7.65. The van der Waals surface area contributed by atoms with Crippen LogP contribution in [0.15, 0.2) is 12.2 Å². The van der Waals surface area contributed by atoms with Crippen LogP contribution in [0.25, 0.3) is 0 Å². The molecule has 0 radical (unpaired) electrons. The summed E-state index contributed by atoms with van der Waals surface area (Å²) in [6.45, 7) is 7.30. The smallest absolute Gasteiger partial charge is 0.246 e. The van der Waals surface area contributed by atoms with Gasteiger partial charge in [-0.15, -0.1) is 0 Å². The second-order valence-electron chi connectivity index (χ2n) is 7.65. The summed E-state index contributed by atoms with van der Waals surface area (Å²) in [5, 5.41) is 0. The Hall–Kier alpha value is -0.910. The van der Waals surface area contributed by atoms with Crippen LogP contribution in [0, 0.1) is 5.41 Å². The summed E-state index contributed by atoms with van der Waals surface area (Å²) >= 11 is 0. The number of hydrogen-bond acceptors (Lipinski definition) is 4. The summed E-state index contributed by atoms with van der Waals surface area (Å²) < 4.78 is 11.3. The van der Waals surface area contributed by atoms with Crippen LogP contribution in [-0.4, -0.2) is 75.4 Å². The van der Waals surface area contributed by atoms with Crippen LogP contribution in [0.2, 0.25) is 0 Å². The number of piperidine rings is 1. The topological polar surface area (TPSA) is 42.0 Å². The first kappa shape index (κ1) is 19.4. The van der Waals surface area contributed by atoms with Crippen molar-refractivity contribution in [2.24, 2.45) is 5.41 Å². The van der Waals surface area contributed by atoms with E-state index in [2.05, 4.69) is 32.0 Å². The highest BCUT2D eigenvalue weighted by atomic mass is 16.5. The molecule has 2 fully saturated rings. The third-order valence-corrected chi connectivity index (χ3v) is 5.12. The molecule has 0 atom stereocenters. The van der Waals surface area contributed by atoms with Gasteiger partial charge in [-0.25, -0.2) is 0 Å². The molecule has 24 heavy (non-hydrogen) atoms. The molecule has 0 bridgehead atoms. The maximum Gasteiger partial charge on any atom is 0.246 e. The minimum atomic E-state index is 0.113. The molecule has 0 aromatic carbocycles. The van der Waals surface area contributed by atoms with Crippen molar-refractivity contribution < 1.29 is 14.3 Å². The van der Waals surface area contributed by atoms with Gasteiger partial charge in [-0.2, -0.15) is 0 Å². The van der Waals surface area contributed by atoms with Gasteiger partial charge < -0.3 is 19.3 Å². The third-order valence-electron chi connectivity index (χ3n) is 5.12. The first-order chi connectivity index (χ1) is 11.5. The van der Waals surface area contributed by atoms with Crippen LogP contribution in [0.1, 0.15) is 39.0 Å². The van der Waals surface area contributed by atoms with E-state index in [1.165, 1.54) is 0 Å². The molecule has 0 N–H and O–H groups in total. The molecular formula is C19H34N2O3. The van der Waals surface area contributed by atoms with E-state index in [0.717, 1.165) is 71.6 Å². The number of nitrogens with zero attached hydrogens (tertiary/aromatic N) is 2. The average molecular weight is 338 g/mol. The van der Waals surface area contributed by atoms with E-state index in [0.29, 0.717) is 6.10 Å². The molecule has 2 aliphatic heterocycles. The van der Waals surface area contributed by atoms with Crippen molar-refractivity contribution in [3.05, 3.63) is 12.2 Å². The Morgan fingerprint density at radius 1 is 1.29 bits per heavy atom. The zero-order valence-corrected chi connectivity index (χ0v) is 15.6. The number of rotatable bonds is 7. The van der Waals surface area contributed by atoms with E-state index in [1.807, 2.05) is 4.90 Å². The standard InChI is InChI=1S/C19H34N2O3/c1-19(9-15-23-16-10-19)8-5-18(22)21-12-6-17(7-13-21)24-14-4-11-20(2)3/h5,8,17H,4,6-7,9-16H2,1-3H3/b8-5+. The van der Waals surface area contributed by atoms with Gasteiger partial charge in [-0.05, 0) is 64.2 Å². The molecule has 0 aliphatic carbocycles. The highest BCUT2D eigenvalue weighted by molar-refractivity contribution is 5.87. The lowest BCUT2D eigenvalue weighted by atomic mass is 9.82. The van der Waals surface area contributed by atoms with Crippen LogP contribution in [0.5, 0.6) is 0 Å². The zero-order valence-electron chi connectivity index (χ0n) is 15.6. The Morgan fingerprint density at radius 2 is 1.96 bits per heavy atom. The third kappa shape index (κ3) is 6.54. The normalized spacial score (nSPS) is 22.4. The molecule has 138 valence electrons. The maximum absolute atomic E-state index is 12.4. The summed E-state index contributed by atoms with van der Waals surface area (Å²) in [5.41, 5.74) is 0.113. The molecular weight excluding hydrogens is 304 g/mol. The van der Waals surface area contributed by atoms with Gasteiger partial charge in [0, 0.05) is 32.9 Å². The number of carbonyl (C=O) groups excluding carboxylic acids is 1. The lowest BCUT2D eigenvalue weighted by Crippen LogP contribution is -2.40. The van der Waals surface area contributed by atoms with Crippen molar-refractivity contribution in [2.75, 3.05) is 53.6 Å². The highest BCUT2D eigenvalue weighted by Gasteiger charge is 2.26. The van der Waals surface area contributed by atoms with Crippen molar-refractivity contribution >= 4 is 5.91 Å². The van der Waals surface area contributed by atoms with Crippen molar-refractivity contribution in [1.82, 2.24) is 9.80 Å². The monoisotopic (exact) mass is 338 g/mol. The number of amides is 1. The lowest BCUT2D eigenvalue weighted by Gasteiger charge is -2.32. The predicted molar refractivity (Wildman–Crippen MR) is 96.0 cm³/mol. The first-order valence-corrected chi connectivity index (χ1v) is 9.31. The Balaban J connectivity index is 1.67. The van der Waals surface area contributed by atoms with E-state index < -0.39 is 0 Å². The molecule has 2 aliphatic rings. The molecule has 0 saturated carbocycles. The van der Waals surface area contributed by atoms with Crippen LogP contribution in [0.4, 0.5) is 0 Å². The minimum absolute atomic E-state index is 0.113. The fourth-order valence-corrected chi connectivity index (χ4v) is 3.26. The van der Waals surface area contributed by atoms with Crippen molar-refractivity contribution in [3.63, 3.8) is 0 Å². The molecule has 0 spiro atoms. The van der Waals surface area contributed by atoms with Gasteiger partial charge in [0.2, 0.25) is 5.91 Å². The van der Waals surface area contributed by atoms with Crippen LogP contribution < -0.4 is 0 Å². The Morgan fingerprint density at radius 3 is 2.58 bits per heavy atom. The number of likely N-dealkylation sites (tertiary alicyclic amines) is 1. The van der Waals surface area contributed by atoms with Crippen LogP contribution in [0.3, 0.4) is 0 Å². The molecule has 1 amide bonds. The minimum Gasteiger partial charge on any atom is -0.381 e. The number of allylic oxidation sites excluding steroid dienone is 1. The van der Waals surface area contributed by atoms with Crippen molar-refractivity contribution in [3.8, 4) is 0 Å².